The number of benzene rings is 1. The van der Waals surface area contributed by atoms with E-state index in [9.17, 15) is 19.2 Å². The zero-order chi connectivity index (χ0) is 30.2. The Hall–Kier alpha value is -3.16. The van der Waals surface area contributed by atoms with Crippen LogP contribution >= 0.6 is 24.0 Å². The van der Waals surface area contributed by atoms with Crippen LogP contribution in [0.25, 0.3) is 6.08 Å². The summed E-state index contributed by atoms with van der Waals surface area (Å²) < 4.78 is 16.7. The first-order valence-electron chi connectivity index (χ1n) is 15.0. The van der Waals surface area contributed by atoms with E-state index < -0.39 is 0 Å². The summed E-state index contributed by atoms with van der Waals surface area (Å²) >= 11 is 6.88. The second-order valence-corrected chi connectivity index (χ2v) is 12.5. The van der Waals surface area contributed by atoms with Crippen molar-refractivity contribution >= 4 is 51.8 Å². The van der Waals surface area contributed by atoms with Gasteiger partial charge in [0.2, 0.25) is 0 Å². The number of rotatable bonds is 12. The van der Waals surface area contributed by atoms with Crippen LogP contribution in [0.5, 0.6) is 0 Å². The molecular formula is C32H40FN5O2S2. The topological polar surface area (TPSA) is 72.6 Å². The summed E-state index contributed by atoms with van der Waals surface area (Å²) in [6, 6.07) is 8.86. The minimum absolute atomic E-state index is 0.0889. The Morgan fingerprint density at radius 3 is 2.31 bits per heavy atom. The molecule has 2 aliphatic heterocycles. The Morgan fingerprint density at radius 2 is 1.64 bits per heavy atom. The van der Waals surface area contributed by atoms with Crippen LogP contribution in [0, 0.1) is 24.1 Å². The number of aromatic nitrogens is 1. The van der Waals surface area contributed by atoms with Crippen molar-refractivity contribution in [2.75, 3.05) is 42.5 Å². The lowest BCUT2D eigenvalue weighted by Gasteiger charge is -2.39. The molecule has 0 atom stereocenters. The van der Waals surface area contributed by atoms with Crippen molar-refractivity contribution in [3.05, 3.63) is 62.0 Å². The molecule has 0 unspecified atom stereocenters. The number of carbonyl (C=O) groups excluding carboxylic acids is 1. The molecule has 4 rings (SSSR count). The quantitative estimate of drug-likeness (QED) is 0.155. The van der Waals surface area contributed by atoms with E-state index >= 15 is 0 Å². The molecule has 2 saturated heterocycles. The predicted octanol–water partition coefficient (Wildman–Crippen LogP) is 6.47. The molecule has 0 bridgehead atoms. The number of hydrogen-bond acceptors (Lipinski definition) is 7. The molecule has 0 saturated carbocycles. The van der Waals surface area contributed by atoms with Crippen LogP contribution in [-0.2, 0) is 11.3 Å². The molecule has 10 heteroatoms. The van der Waals surface area contributed by atoms with Gasteiger partial charge in [0.1, 0.15) is 27.6 Å². The first kappa shape index (κ1) is 31.8. The monoisotopic (exact) mass is 609 g/mol. The summed E-state index contributed by atoms with van der Waals surface area (Å²) in [5, 5.41) is 9.93. The van der Waals surface area contributed by atoms with Gasteiger partial charge in [0, 0.05) is 44.8 Å². The fourth-order valence-electron chi connectivity index (χ4n) is 5.66. The highest BCUT2D eigenvalue weighted by atomic mass is 32.2. The van der Waals surface area contributed by atoms with E-state index in [1.165, 1.54) is 37.1 Å². The van der Waals surface area contributed by atoms with Gasteiger partial charge in [-0.1, -0.05) is 82.1 Å². The summed E-state index contributed by atoms with van der Waals surface area (Å²) in [6.07, 6.45) is 9.28. The van der Waals surface area contributed by atoms with Gasteiger partial charge in [0.05, 0.1) is 10.6 Å². The van der Waals surface area contributed by atoms with Gasteiger partial charge in [-0.2, -0.15) is 5.26 Å². The van der Waals surface area contributed by atoms with E-state index in [2.05, 4.69) is 17.9 Å². The standard InChI is InChI=1S/C32H40FN5O2S2/c1-4-6-7-8-9-12-16-38-31(40)28(42-32(38)41)21-24-23(3)25(22-34)30(39)37(15-5-2)29(24)36-19-17-35(18-20-36)27-14-11-10-13-26(27)33/h10-11,13-14,21H,4-9,12,15-20H2,1-3H3. The summed E-state index contributed by atoms with van der Waals surface area (Å²) in [4.78, 5) is 33.3. The highest BCUT2D eigenvalue weighted by Crippen LogP contribution is 2.36. The van der Waals surface area contributed by atoms with Crippen molar-refractivity contribution < 1.29 is 9.18 Å². The van der Waals surface area contributed by atoms with Gasteiger partial charge in [0.25, 0.3) is 11.5 Å². The van der Waals surface area contributed by atoms with Gasteiger partial charge in [0.15, 0.2) is 0 Å². The molecule has 0 N–H and O–H groups in total. The first-order chi connectivity index (χ1) is 20.3. The van der Waals surface area contributed by atoms with Gasteiger partial charge in [-0.3, -0.25) is 19.1 Å². The number of piperazine rings is 1. The molecule has 3 heterocycles. The number of unbranched alkanes of at least 4 members (excludes halogenated alkanes) is 5. The summed E-state index contributed by atoms with van der Waals surface area (Å²) in [6.45, 7) is 9.25. The van der Waals surface area contributed by atoms with Crippen molar-refractivity contribution in [1.82, 2.24) is 9.47 Å². The fraction of sp³-hybridized carbons (Fsp3) is 0.500. The van der Waals surface area contributed by atoms with Crippen molar-refractivity contribution in [2.45, 2.75) is 72.3 Å². The number of hydrogen-bond donors (Lipinski definition) is 0. The molecule has 0 aliphatic carbocycles. The molecular weight excluding hydrogens is 570 g/mol. The van der Waals surface area contributed by atoms with Gasteiger partial charge in [-0.15, -0.1) is 0 Å². The lowest BCUT2D eigenvalue weighted by Crippen LogP contribution is -2.49. The van der Waals surface area contributed by atoms with E-state index in [0.29, 0.717) is 77.5 Å². The Morgan fingerprint density at radius 1 is 0.976 bits per heavy atom. The average molecular weight is 610 g/mol. The maximum absolute atomic E-state index is 14.5. The Kier molecular flexibility index (Phi) is 11.2. The summed E-state index contributed by atoms with van der Waals surface area (Å²) in [7, 11) is 0. The second kappa shape index (κ2) is 14.8. The van der Waals surface area contributed by atoms with E-state index in [4.69, 9.17) is 12.2 Å². The second-order valence-electron chi connectivity index (χ2n) is 10.8. The highest BCUT2D eigenvalue weighted by molar-refractivity contribution is 8.26. The molecule has 0 radical (unpaired) electrons. The lowest BCUT2D eigenvalue weighted by atomic mass is 10.0. The van der Waals surface area contributed by atoms with E-state index in [-0.39, 0.29) is 22.8 Å². The number of thiocarbonyl (C=S) groups is 1. The van der Waals surface area contributed by atoms with Crippen molar-refractivity contribution in [3.63, 3.8) is 0 Å². The number of nitriles is 1. The van der Waals surface area contributed by atoms with Crippen LogP contribution in [0.4, 0.5) is 15.9 Å². The largest absolute Gasteiger partial charge is 0.366 e. The van der Waals surface area contributed by atoms with Crippen LogP contribution < -0.4 is 15.4 Å². The van der Waals surface area contributed by atoms with Crippen LogP contribution in [0.3, 0.4) is 0 Å². The minimum Gasteiger partial charge on any atom is -0.366 e. The molecule has 1 amide bonds. The van der Waals surface area contributed by atoms with Crippen molar-refractivity contribution in [2.24, 2.45) is 0 Å². The molecule has 42 heavy (non-hydrogen) atoms. The number of pyridine rings is 1. The van der Waals surface area contributed by atoms with Crippen LogP contribution in [0.2, 0.25) is 0 Å². The van der Waals surface area contributed by atoms with Crippen LogP contribution in [-0.4, -0.2) is 52.4 Å². The van der Waals surface area contributed by atoms with E-state index in [1.807, 2.05) is 24.0 Å². The van der Waals surface area contributed by atoms with Gasteiger partial charge < -0.3 is 9.80 Å². The number of anilines is 2. The molecule has 2 fully saturated rings. The summed E-state index contributed by atoms with van der Waals surface area (Å²) in [5.74, 6) is 0.319. The van der Waals surface area contributed by atoms with Gasteiger partial charge in [-0.05, 0) is 43.5 Å². The van der Waals surface area contributed by atoms with Crippen LogP contribution in [0.15, 0.2) is 34.0 Å². The average Bonchev–Trinajstić information content (AvgIpc) is 3.25. The Bertz CT molecular complexity index is 1440. The smallest absolute Gasteiger partial charge is 0.270 e. The zero-order valence-corrected chi connectivity index (χ0v) is 26.5. The van der Waals surface area contributed by atoms with E-state index in [1.54, 1.807) is 28.5 Å². The van der Waals surface area contributed by atoms with Crippen molar-refractivity contribution in [3.8, 4) is 6.07 Å². The predicted molar refractivity (Wildman–Crippen MR) is 175 cm³/mol. The number of amides is 1. The molecule has 0 spiro atoms. The molecule has 2 aliphatic rings. The lowest BCUT2D eigenvalue weighted by molar-refractivity contribution is -0.122. The van der Waals surface area contributed by atoms with Gasteiger partial charge >= 0.3 is 0 Å². The molecule has 1 aromatic heterocycles. The third-order valence-electron chi connectivity index (χ3n) is 7.95. The maximum atomic E-state index is 14.5. The minimum atomic E-state index is -0.323. The molecule has 1 aromatic carbocycles. The Balaban J connectivity index is 1.66. The number of thioether (sulfide) groups is 1. The fourth-order valence-corrected chi connectivity index (χ4v) is 6.95. The SMILES string of the molecule is CCCCCCCCN1C(=O)C(=Cc2c(C)c(C#N)c(=O)n(CCC)c2N2CCN(c3ccccc3F)CC2)SC1=S. The normalized spacial score (nSPS) is 16.5. The highest BCUT2D eigenvalue weighted by Gasteiger charge is 2.33. The van der Waals surface area contributed by atoms with Crippen molar-refractivity contribution in [1.29, 1.82) is 5.26 Å². The number of halogens is 1. The van der Waals surface area contributed by atoms with Crippen LogP contribution in [0.1, 0.15) is 75.5 Å². The molecule has 224 valence electrons. The van der Waals surface area contributed by atoms with E-state index in [0.717, 1.165) is 19.3 Å². The summed E-state index contributed by atoms with van der Waals surface area (Å²) in [5.41, 5.74) is 1.58. The molecule has 2 aromatic rings. The first-order valence-corrected chi connectivity index (χ1v) is 16.2. The third-order valence-corrected chi connectivity index (χ3v) is 9.33. The van der Waals surface area contributed by atoms with Gasteiger partial charge in [-0.25, -0.2) is 4.39 Å². The number of carbonyl (C=O) groups is 1. The third kappa shape index (κ3) is 6.90. The zero-order valence-electron chi connectivity index (χ0n) is 24.8. The maximum Gasteiger partial charge on any atom is 0.270 e. The number of nitrogens with zero attached hydrogens (tertiary/aromatic N) is 5. The Labute approximate surface area is 258 Å². The molecule has 7 nitrogen and oxygen atoms in total. The number of para-hydroxylation sites is 1.